The normalized spacial score (nSPS) is 13.1. The number of nitrogens with one attached hydrogen (secondary N) is 1. The van der Waals surface area contributed by atoms with Crippen molar-refractivity contribution in [2.75, 3.05) is 20.6 Å². The van der Waals surface area contributed by atoms with E-state index in [-0.39, 0.29) is 18.4 Å². The summed E-state index contributed by atoms with van der Waals surface area (Å²) >= 11 is 1.58. The molecule has 0 fully saturated rings. The van der Waals surface area contributed by atoms with Crippen LogP contribution in [0.15, 0.2) is 41.1 Å². The molecule has 2 aromatic rings. The van der Waals surface area contributed by atoms with Gasteiger partial charge in [-0.3, -0.25) is 4.79 Å². The highest BCUT2D eigenvalue weighted by molar-refractivity contribution is 7.07. The van der Waals surface area contributed by atoms with Crippen LogP contribution in [0.25, 0.3) is 0 Å². The molecule has 0 aliphatic heterocycles. The van der Waals surface area contributed by atoms with E-state index < -0.39 is 11.7 Å². The van der Waals surface area contributed by atoms with Crippen molar-refractivity contribution in [2.24, 2.45) is 0 Å². The predicted molar refractivity (Wildman–Crippen MR) is 88.9 cm³/mol. The molecule has 0 radical (unpaired) electrons. The summed E-state index contributed by atoms with van der Waals surface area (Å²) in [4.78, 5) is 14.1. The maximum absolute atomic E-state index is 12.7. The van der Waals surface area contributed by atoms with Gasteiger partial charge in [-0.25, -0.2) is 0 Å². The molecule has 0 aliphatic carbocycles. The first-order chi connectivity index (χ1) is 11.3. The number of rotatable bonds is 6. The third kappa shape index (κ3) is 5.07. The number of halogens is 3. The van der Waals surface area contributed by atoms with Gasteiger partial charge < -0.3 is 10.2 Å². The van der Waals surface area contributed by atoms with E-state index in [0.717, 1.165) is 17.7 Å². The van der Waals surface area contributed by atoms with E-state index in [2.05, 4.69) is 5.32 Å². The van der Waals surface area contributed by atoms with Crippen molar-refractivity contribution in [1.29, 1.82) is 0 Å². The standard InChI is InChI=1S/C17H19F3N2OS/c1-22(2)15(13-6-7-24-11-13)10-21-16(23)9-12-4-3-5-14(8-12)17(18,19)20/h3-8,11,15H,9-10H2,1-2H3,(H,21,23)/t15-/m1/s1. The Morgan fingerprint density at radius 1 is 1.29 bits per heavy atom. The zero-order chi connectivity index (χ0) is 17.7. The molecule has 1 heterocycles. The molecule has 24 heavy (non-hydrogen) atoms. The lowest BCUT2D eigenvalue weighted by atomic mass is 10.1. The van der Waals surface area contributed by atoms with E-state index in [1.165, 1.54) is 12.1 Å². The number of amides is 1. The highest BCUT2D eigenvalue weighted by Gasteiger charge is 2.30. The van der Waals surface area contributed by atoms with E-state index in [0.29, 0.717) is 12.1 Å². The molecule has 1 aromatic heterocycles. The van der Waals surface area contributed by atoms with Gasteiger partial charge in [-0.2, -0.15) is 24.5 Å². The number of alkyl halides is 3. The minimum atomic E-state index is -4.40. The molecule has 1 atom stereocenters. The Kier molecular flexibility index (Phi) is 6.01. The Morgan fingerprint density at radius 3 is 2.62 bits per heavy atom. The molecule has 1 N–H and O–H groups in total. The molecule has 0 saturated carbocycles. The third-order valence-corrected chi connectivity index (χ3v) is 4.36. The monoisotopic (exact) mass is 356 g/mol. The van der Waals surface area contributed by atoms with E-state index in [9.17, 15) is 18.0 Å². The highest BCUT2D eigenvalue weighted by Crippen LogP contribution is 2.29. The van der Waals surface area contributed by atoms with Gasteiger partial charge in [-0.15, -0.1) is 0 Å². The lowest BCUT2D eigenvalue weighted by Gasteiger charge is -2.24. The molecule has 0 saturated heterocycles. The second kappa shape index (κ2) is 7.81. The smallest absolute Gasteiger partial charge is 0.354 e. The van der Waals surface area contributed by atoms with Gasteiger partial charge in [0.1, 0.15) is 0 Å². The summed E-state index contributed by atoms with van der Waals surface area (Å²) in [6.07, 6.45) is -4.48. The first-order valence-electron chi connectivity index (χ1n) is 7.38. The van der Waals surface area contributed by atoms with Gasteiger partial charge in [0, 0.05) is 6.54 Å². The van der Waals surface area contributed by atoms with Crippen LogP contribution in [0.2, 0.25) is 0 Å². The van der Waals surface area contributed by atoms with Crippen LogP contribution in [0.3, 0.4) is 0 Å². The van der Waals surface area contributed by atoms with Crippen LogP contribution < -0.4 is 5.32 Å². The van der Waals surface area contributed by atoms with Crippen LogP contribution in [-0.2, 0) is 17.4 Å². The Hall–Kier alpha value is -1.86. The van der Waals surface area contributed by atoms with E-state index in [1.54, 1.807) is 11.3 Å². The first kappa shape index (κ1) is 18.5. The SMILES string of the molecule is CN(C)[C@H](CNC(=O)Cc1cccc(C(F)(F)F)c1)c1ccsc1. The number of carbonyl (C=O) groups is 1. The van der Waals surface area contributed by atoms with Crippen LogP contribution in [-0.4, -0.2) is 31.4 Å². The third-order valence-electron chi connectivity index (χ3n) is 3.66. The number of likely N-dealkylation sites (N-methyl/N-ethyl adjacent to an activating group) is 1. The van der Waals surface area contributed by atoms with Crippen molar-refractivity contribution in [2.45, 2.75) is 18.6 Å². The lowest BCUT2D eigenvalue weighted by Crippen LogP contribution is -2.35. The van der Waals surface area contributed by atoms with Crippen molar-refractivity contribution in [1.82, 2.24) is 10.2 Å². The molecule has 3 nitrogen and oxygen atoms in total. The average molecular weight is 356 g/mol. The topological polar surface area (TPSA) is 32.3 Å². The summed E-state index contributed by atoms with van der Waals surface area (Å²) in [5.74, 6) is -0.295. The van der Waals surface area contributed by atoms with Gasteiger partial charge in [0.2, 0.25) is 5.91 Å². The van der Waals surface area contributed by atoms with Crippen molar-refractivity contribution >= 4 is 17.2 Å². The number of carbonyl (C=O) groups excluding carboxylic acids is 1. The second-order valence-corrected chi connectivity index (χ2v) is 6.50. The molecule has 0 aliphatic rings. The Balaban J connectivity index is 1.96. The van der Waals surface area contributed by atoms with Crippen molar-refractivity contribution < 1.29 is 18.0 Å². The fourth-order valence-corrected chi connectivity index (χ4v) is 3.09. The summed E-state index contributed by atoms with van der Waals surface area (Å²) < 4.78 is 38.1. The van der Waals surface area contributed by atoms with Crippen LogP contribution >= 0.6 is 11.3 Å². The van der Waals surface area contributed by atoms with Gasteiger partial charge in [0.15, 0.2) is 0 Å². The van der Waals surface area contributed by atoms with Gasteiger partial charge in [0.25, 0.3) is 0 Å². The molecular weight excluding hydrogens is 337 g/mol. The predicted octanol–water partition coefficient (Wildman–Crippen LogP) is 3.73. The minimum Gasteiger partial charge on any atom is -0.354 e. The van der Waals surface area contributed by atoms with Crippen molar-refractivity contribution in [3.8, 4) is 0 Å². The van der Waals surface area contributed by atoms with Gasteiger partial charge in [0.05, 0.1) is 18.0 Å². The van der Waals surface area contributed by atoms with Crippen LogP contribution in [0.4, 0.5) is 13.2 Å². The van der Waals surface area contributed by atoms with Gasteiger partial charge in [-0.1, -0.05) is 18.2 Å². The maximum atomic E-state index is 12.7. The Labute approximate surface area is 143 Å². The van der Waals surface area contributed by atoms with Gasteiger partial charge >= 0.3 is 6.18 Å². The number of hydrogen-bond donors (Lipinski definition) is 1. The molecule has 0 spiro atoms. The summed E-state index contributed by atoms with van der Waals surface area (Å²) in [5, 5.41) is 6.79. The zero-order valence-corrected chi connectivity index (χ0v) is 14.2. The molecule has 0 bridgehead atoms. The second-order valence-electron chi connectivity index (χ2n) is 5.72. The fourth-order valence-electron chi connectivity index (χ4n) is 2.38. The Bertz CT molecular complexity index is 669. The number of nitrogens with zero attached hydrogens (tertiary/aromatic N) is 1. The molecule has 2 rings (SSSR count). The molecule has 0 unspecified atom stereocenters. The summed E-state index contributed by atoms with van der Waals surface area (Å²) in [7, 11) is 3.84. The van der Waals surface area contributed by atoms with Crippen LogP contribution in [0.5, 0.6) is 0 Å². The molecule has 1 amide bonds. The lowest BCUT2D eigenvalue weighted by molar-refractivity contribution is -0.137. The first-order valence-corrected chi connectivity index (χ1v) is 8.33. The summed E-state index contributed by atoms with van der Waals surface area (Å²) in [6, 6.07) is 6.88. The largest absolute Gasteiger partial charge is 0.416 e. The van der Waals surface area contributed by atoms with E-state index in [4.69, 9.17) is 0 Å². The molecule has 130 valence electrons. The average Bonchev–Trinajstić information content (AvgIpc) is 3.00. The van der Waals surface area contributed by atoms with E-state index >= 15 is 0 Å². The number of hydrogen-bond acceptors (Lipinski definition) is 3. The fraction of sp³-hybridized carbons (Fsp3) is 0.353. The molecule has 1 aromatic carbocycles. The van der Waals surface area contributed by atoms with Crippen molar-refractivity contribution in [3.05, 3.63) is 57.8 Å². The molecule has 7 heteroatoms. The van der Waals surface area contributed by atoms with Gasteiger partial charge in [-0.05, 0) is 48.1 Å². The van der Waals surface area contributed by atoms with Crippen molar-refractivity contribution in [3.63, 3.8) is 0 Å². The van der Waals surface area contributed by atoms with Crippen LogP contribution in [0, 0.1) is 0 Å². The molecular formula is C17H19F3N2OS. The Morgan fingerprint density at radius 2 is 2.04 bits per heavy atom. The highest BCUT2D eigenvalue weighted by atomic mass is 32.1. The quantitative estimate of drug-likeness (QED) is 0.855. The number of thiophene rings is 1. The number of benzene rings is 1. The van der Waals surface area contributed by atoms with Crippen LogP contribution in [0.1, 0.15) is 22.7 Å². The minimum absolute atomic E-state index is 0.0294. The summed E-state index contributed by atoms with van der Waals surface area (Å²) in [5.41, 5.74) is 0.709. The maximum Gasteiger partial charge on any atom is 0.416 e. The zero-order valence-electron chi connectivity index (χ0n) is 13.4. The van der Waals surface area contributed by atoms with E-state index in [1.807, 2.05) is 35.8 Å². The summed E-state index contributed by atoms with van der Waals surface area (Å²) in [6.45, 7) is 0.404.